The Morgan fingerprint density at radius 3 is 2.26 bits per heavy atom. The van der Waals surface area contributed by atoms with E-state index in [4.69, 9.17) is 34.8 Å². The molecule has 1 rings (SSSR count). The molecule has 0 spiro atoms. The van der Waals surface area contributed by atoms with E-state index < -0.39 is 13.9 Å². The lowest BCUT2D eigenvalue weighted by molar-refractivity contribution is 0.498. The number of sulfonamides is 1. The predicted octanol–water partition coefficient (Wildman–Crippen LogP) is 4.20. The first kappa shape index (κ1) is 17.3. The standard InChI is InChI=1S/C10H11Cl3FNO2S2/c1-2-15(18-10(12,13)14)19(16,17)7-8-3-5-9(11)6-4-8/h3-6H,2,7H2,1H3. The zero-order valence-electron chi connectivity index (χ0n) is 9.82. The van der Waals surface area contributed by atoms with E-state index in [1.54, 1.807) is 31.2 Å². The Hall–Kier alpha value is 0.280. The molecule has 0 heterocycles. The number of hydrogen-bond acceptors (Lipinski definition) is 3. The molecule has 108 valence electrons. The second-order valence-corrected chi connectivity index (χ2v) is 8.97. The molecule has 0 amide bonds. The van der Waals surface area contributed by atoms with Gasteiger partial charge in [-0.3, -0.25) is 0 Å². The molecule has 0 aliphatic carbocycles. The molecule has 3 nitrogen and oxygen atoms in total. The van der Waals surface area contributed by atoms with Gasteiger partial charge in [0.1, 0.15) is 0 Å². The second-order valence-electron chi connectivity index (χ2n) is 3.54. The Morgan fingerprint density at radius 1 is 1.32 bits per heavy atom. The van der Waals surface area contributed by atoms with Crippen LogP contribution in [0.1, 0.15) is 12.5 Å². The van der Waals surface area contributed by atoms with Crippen LogP contribution in [0.3, 0.4) is 0 Å². The van der Waals surface area contributed by atoms with Gasteiger partial charge in [-0.2, -0.15) is 4.39 Å². The zero-order chi connectivity index (χ0) is 14.7. The maximum Gasteiger partial charge on any atom is 0.319 e. The fourth-order valence-electron chi connectivity index (χ4n) is 1.30. The van der Waals surface area contributed by atoms with Crippen molar-refractivity contribution in [3.63, 3.8) is 0 Å². The van der Waals surface area contributed by atoms with Crippen LogP contribution in [0.5, 0.6) is 0 Å². The fraction of sp³-hybridized carbons (Fsp3) is 0.400. The van der Waals surface area contributed by atoms with Gasteiger partial charge < -0.3 is 0 Å². The SMILES string of the molecule is CCN(SC(F)(Cl)Cl)S(=O)(=O)Cc1ccc(Cl)cc1. The monoisotopic (exact) mass is 365 g/mol. The molecule has 0 aromatic heterocycles. The summed E-state index contributed by atoms with van der Waals surface area (Å²) in [6, 6.07) is 6.34. The number of nitrogens with zero attached hydrogens (tertiary/aromatic N) is 1. The summed E-state index contributed by atoms with van der Waals surface area (Å²) in [4.78, 5) is 0. The molecule has 0 saturated heterocycles. The molecule has 0 bridgehead atoms. The minimum absolute atomic E-state index is 0.0473. The minimum Gasteiger partial charge on any atom is -0.211 e. The van der Waals surface area contributed by atoms with Gasteiger partial charge in [0, 0.05) is 23.5 Å². The lowest BCUT2D eigenvalue weighted by Gasteiger charge is -2.21. The molecule has 0 fully saturated rings. The normalized spacial score (nSPS) is 12.9. The van der Waals surface area contributed by atoms with Gasteiger partial charge in [-0.15, -0.1) is 3.71 Å². The highest BCUT2D eigenvalue weighted by Crippen LogP contribution is 2.40. The minimum atomic E-state index is -3.73. The first-order valence-corrected chi connectivity index (χ1v) is 8.66. The number of rotatable bonds is 6. The summed E-state index contributed by atoms with van der Waals surface area (Å²) >= 11 is 16.3. The molecule has 1 aromatic carbocycles. The molecule has 0 saturated carbocycles. The molecular formula is C10H11Cl3FNO2S2. The lowest BCUT2D eigenvalue weighted by atomic mass is 10.2. The number of alkyl halides is 3. The largest absolute Gasteiger partial charge is 0.319 e. The summed E-state index contributed by atoms with van der Waals surface area (Å²) in [6.07, 6.45) is 0. The van der Waals surface area contributed by atoms with Crippen LogP contribution in [0.2, 0.25) is 5.02 Å². The molecule has 0 N–H and O–H groups in total. The number of benzene rings is 1. The van der Waals surface area contributed by atoms with Crippen molar-refractivity contribution in [3.8, 4) is 0 Å². The van der Waals surface area contributed by atoms with Crippen LogP contribution in [0.4, 0.5) is 4.39 Å². The fourth-order valence-corrected chi connectivity index (χ4v) is 4.60. The summed E-state index contributed by atoms with van der Waals surface area (Å²) in [5.41, 5.74) is 0.539. The third-order valence-electron chi connectivity index (χ3n) is 2.04. The zero-order valence-corrected chi connectivity index (χ0v) is 13.7. The van der Waals surface area contributed by atoms with Crippen molar-refractivity contribution in [2.45, 2.75) is 16.6 Å². The van der Waals surface area contributed by atoms with Gasteiger partial charge in [-0.25, -0.2) is 8.42 Å². The third-order valence-corrected chi connectivity index (χ3v) is 5.85. The van der Waals surface area contributed by atoms with E-state index in [1.165, 1.54) is 0 Å². The van der Waals surface area contributed by atoms with Crippen LogP contribution in [0.25, 0.3) is 0 Å². The van der Waals surface area contributed by atoms with Gasteiger partial charge in [0.25, 0.3) is 0 Å². The van der Waals surface area contributed by atoms with Gasteiger partial charge in [0.05, 0.1) is 5.75 Å². The van der Waals surface area contributed by atoms with Crippen molar-refractivity contribution in [1.29, 1.82) is 0 Å². The van der Waals surface area contributed by atoms with E-state index in [2.05, 4.69) is 0 Å². The maximum absolute atomic E-state index is 13.1. The van der Waals surface area contributed by atoms with Gasteiger partial charge in [0.15, 0.2) is 0 Å². The smallest absolute Gasteiger partial charge is 0.211 e. The van der Waals surface area contributed by atoms with Crippen molar-refractivity contribution >= 4 is 56.8 Å². The summed E-state index contributed by atoms with van der Waals surface area (Å²) in [6.45, 7) is 1.61. The summed E-state index contributed by atoms with van der Waals surface area (Å²) in [7, 11) is -3.73. The van der Waals surface area contributed by atoms with Gasteiger partial charge in [-0.05, 0) is 17.7 Å². The van der Waals surface area contributed by atoms with Crippen LogP contribution in [0, 0.1) is 0 Å². The number of halogens is 4. The van der Waals surface area contributed by atoms with Crippen LogP contribution in [0.15, 0.2) is 24.3 Å². The average molecular weight is 367 g/mol. The Kier molecular flexibility index (Phi) is 6.23. The summed E-state index contributed by atoms with van der Waals surface area (Å²) < 4.78 is 35.4. The van der Waals surface area contributed by atoms with Crippen LogP contribution in [-0.4, -0.2) is 22.6 Å². The van der Waals surface area contributed by atoms with E-state index in [9.17, 15) is 12.8 Å². The average Bonchev–Trinajstić information content (AvgIpc) is 2.27. The highest BCUT2D eigenvalue weighted by atomic mass is 35.5. The van der Waals surface area contributed by atoms with E-state index in [-0.39, 0.29) is 24.2 Å². The second kappa shape index (κ2) is 6.83. The highest BCUT2D eigenvalue weighted by Gasteiger charge is 2.33. The summed E-state index contributed by atoms with van der Waals surface area (Å²) in [5, 5.41) is 0.507. The molecule has 0 unspecified atom stereocenters. The van der Waals surface area contributed by atoms with E-state index in [1.807, 2.05) is 0 Å². The van der Waals surface area contributed by atoms with Crippen molar-refractivity contribution in [1.82, 2.24) is 3.71 Å². The third kappa shape index (κ3) is 6.06. The quantitative estimate of drug-likeness (QED) is 0.559. The first-order chi connectivity index (χ1) is 8.64. The Balaban J connectivity index is 2.87. The molecule has 0 atom stereocenters. The number of hydrogen-bond donors (Lipinski definition) is 0. The predicted molar refractivity (Wildman–Crippen MR) is 79.6 cm³/mol. The van der Waals surface area contributed by atoms with Crippen molar-refractivity contribution < 1.29 is 12.8 Å². The lowest BCUT2D eigenvalue weighted by Crippen LogP contribution is -2.28. The molecular weight excluding hydrogens is 356 g/mol. The van der Waals surface area contributed by atoms with E-state index in [0.29, 0.717) is 10.6 Å². The Bertz CT molecular complexity index is 517. The van der Waals surface area contributed by atoms with Crippen molar-refractivity contribution in [2.75, 3.05) is 6.54 Å². The van der Waals surface area contributed by atoms with Gasteiger partial charge in [-0.1, -0.05) is 53.9 Å². The van der Waals surface area contributed by atoms with Crippen LogP contribution in [-0.2, 0) is 15.8 Å². The van der Waals surface area contributed by atoms with Gasteiger partial charge >= 0.3 is 3.92 Å². The van der Waals surface area contributed by atoms with E-state index in [0.717, 1.165) is 3.71 Å². The maximum atomic E-state index is 13.1. The highest BCUT2D eigenvalue weighted by molar-refractivity contribution is 8.10. The topological polar surface area (TPSA) is 37.4 Å². The molecule has 1 aromatic rings. The molecule has 0 aliphatic heterocycles. The Labute approximate surface area is 131 Å². The van der Waals surface area contributed by atoms with E-state index >= 15 is 0 Å². The molecule has 9 heteroatoms. The summed E-state index contributed by atoms with van der Waals surface area (Å²) in [5.74, 6) is -0.283. The Morgan fingerprint density at radius 2 is 1.84 bits per heavy atom. The van der Waals surface area contributed by atoms with Crippen LogP contribution < -0.4 is 0 Å². The van der Waals surface area contributed by atoms with Crippen molar-refractivity contribution in [2.24, 2.45) is 0 Å². The van der Waals surface area contributed by atoms with Gasteiger partial charge in [0.2, 0.25) is 10.0 Å². The molecule has 19 heavy (non-hydrogen) atoms. The first-order valence-electron chi connectivity index (χ1n) is 5.15. The van der Waals surface area contributed by atoms with Crippen LogP contribution >= 0.6 is 46.8 Å². The molecule has 0 radical (unpaired) electrons. The van der Waals surface area contributed by atoms with Crippen molar-refractivity contribution in [3.05, 3.63) is 34.9 Å². The molecule has 0 aliphatic rings.